The molecule has 1 fully saturated rings. The zero-order chi connectivity index (χ0) is 24.2. The van der Waals surface area contributed by atoms with Crippen molar-refractivity contribution >= 4 is 16.8 Å². The Kier molecular flexibility index (Phi) is 6.67. The normalized spacial score (nSPS) is 15.1. The molecule has 1 N–H and O–H groups in total. The van der Waals surface area contributed by atoms with Crippen LogP contribution in [0.15, 0.2) is 61.2 Å². The molecule has 4 heterocycles. The summed E-state index contributed by atoms with van der Waals surface area (Å²) in [5.41, 5.74) is 1.78. The molecule has 1 aromatic carbocycles. The van der Waals surface area contributed by atoms with Gasteiger partial charge in [0.05, 0.1) is 24.2 Å². The maximum absolute atomic E-state index is 14.9. The van der Waals surface area contributed by atoms with Crippen molar-refractivity contribution in [3.05, 3.63) is 78.1 Å². The number of pyridine rings is 1. The van der Waals surface area contributed by atoms with Crippen molar-refractivity contribution < 1.29 is 13.9 Å². The molecule has 9 heteroatoms. The summed E-state index contributed by atoms with van der Waals surface area (Å²) in [7, 11) is 1.58. The van der Waals surface area contributed by atoms with Crippen molar-refractivity contribution in [3.63, 3.8) is 0 Å². The van der Waals surface area contributed by atoms with Gasteiger partial charge in [0.25, 0.3) is 5.91 Å². The third-order valence-electron chi connectivity index (χ3n) is 6.43. The minimum absolute atomic E-state index is 0.0479. The molecule has 1 atom stereocenters. The number of hydrogen-bond donors (Lipinski definition) is 1. The van der Waals surface area contributed by atoms with E-state index in [1.54, 1.807) is 54.7 Å². The highest BCUT2D eigenvalue weighted by molar-refractivity contribution is 6.07. The molecule has 0 bridgehead atoms. The van der Waals surface area contributed by atoms with E-state index in [9.17, 15) is 9.18 Å². The Morgan fingerprint density at radius 2 is 1.89 bits per heavy atom. The van der Waals surface area contributed by atoms with Crippen LogP contribution >= 0.6 is 0 Å². The lowest BCUT2D eigenvalue weighted by molar-refractivity contribution is 0.0925. The summed E-state index contributed by atoms with van der Waals surface area (Å²) < 4.78 is 21.7. The van der Waals surface area contributed by atoms with Crippen LogP contribution in [0.1, 0.15) is 41.2 Å². The van der Waals surface area contributed by atoms with E-state index in [0.29, 0.717) is 23.9 Å². The number of benzene rings is 1. The number of fused-ring (bicyclic) bond motifs is 1. The first kappa shape index (κ1) is 22.9. The van der Waals surface area contributed by atoms with Crippen LogP contribution in [0.3, 0.4) is 0 Å². The largest absolute Gasteiger partial charge is 0.481 e. The van der Waals surface area contributed by atoms with Crippen molar-refractivity contribution in [3.8, 4) is 11.8 Å². The van der Waals surface area contributed by atoms with Gasteiger partial charge < -0.3 is 10.1 Å². The van der Waals surface area contributed by atoms with Gasteiger partial charge in [-0.15, -0.1) is 0 Å². The monoisotopic (exact) mass is 474 g/mol. The van der Waals surface area contributed by atoms with E-state index >= 15 is 0 Å². The summed E-state index contributed by atoms with van der Waals surface area (Å²) in [6.45, 7) is 2.27. The Balaban J connectivity index is 1.44. The van der Waals surface area contributed by atoms with Crippen LogP contribution in [-0.4, -0.2) is 57.1 Å². The summed E-state index contributed by atoms with van der Waals surface area (Å²) >= 11 is 0. The van der Waals surface area contributed by atoms with E-state index in [4.69, 9.17) is 4.74 Å². The molecular formula is C26H27FN6O2. The van der Waals surface area contributed by atoms with Crippen molar-refractivity contribution in [1.29, 1.82) is 0 Å². The van der Waals surface area contributed by atoms with Gasteiger partial charge in [-0.2, -0.15) is 0 Å². The molecule has 3 aromatic heterocycles. The van der Waals surface area contributed by atoms with Crippen molar-refractivity contribution in [2.45, 2.75) is 25.3 Å². The second-order valence-electron chi connectivity index (χ2n) is 8.55. The maximum Gasteiger partial charge on any atom is 0.253 e. The topological polar surface area (TPSA) is 85.2 Å². The Bertz CT molecular complexity index is 1300. The van der Waals surface area contributed by atoms with Crippen LogP contribution in [0.25, 0.3) is 16.9 Å². The average molecular weight is 475 g/mol. The lowest BCUT2D eigenvalue weighted by Crippen LogP contribution is -2.40. The molecule has 5 rings (SSSR count). The number of carbonyl (C=O) groups is 1. The molecule has 1 amide bonds. The highest BCUT2D eigenvalue weighted by atomic mass is 19.1. The molecular weight excluding hydrogens is 447 g/mol. The van der Waals surface area contributed by atoms with E-state index in [-0.39, 0.29) is 22.9 Å². The predicted octanol–water partition coefficient (Wildman–Crippen LogP) is 3.92. The van der Waals surface area contributed by atoms with Crippen LogP contribution in [0.4, 0.5) is 4.39 Å². The number of nitrogens with zero attached hydrogens (tertiary/aromatic N) is 5. The van der Waals surface area contributed by atoms with Crippen LogP contribution in [0, 0.1) is 5.82 Å². The van der Waals surface area contributed by atoms with Crippen LogP contribution in [-0.2, 0) is 0 Å². The lowest BCUT2D eigenvalue weighted by Gasteiger charge is -2.34. The number of amides is 1. The average Bonchev–Trinajstić information content (AvgIpc) is 3.31. The first-order valence-electron chi connectivity index (χ1n) is 11.7. The quantitative estimate of drug-likeness (QED) is 0.437. The number of piperidine rings is 1. The van der Waals surface area contributed by atoms with E-state index in [1.807, 2.05) is 12.1 Å². The zero-order valence-corrected chi connectivity index (χ0v) is 19.5. The Hall–Kier alpha value is -3.85. The van der Waals surface area contributed by atoms with Gasteiger partial charge in [-0.05, 0) is 49.7 Å². The minimum atomic E-state index is -0.464. The Morgan fingerprint density at radius 1 is 1.09 bits per heavy atom. The van der Waals surface area contributed by atoms with Crippen LogP contribution < -0.4 is 10.1 Å². The molecule has 8 nitrogen and oxygen atoms in total. The number of methoxy groups -OCH3 is 1. The van der Waals surface area contributed by atoms with E-state index < -0.39 is 5.82 Å². The molecule has 0 spiro atoms. The number of hydrogen-bond acceptors (Lipinski definition) is 6. The second-order valence-corrected chi connectivity index (χ2v) is 8.55. The van der Waals surface area contributed by atoms with E-state index in [0.717, 1.165) is 31.5 Å². The lowest BCUT2D eigenvalue weighted by atomic mass is 10.0. The second kappa shape index (κ2) is 10.2. The first-order chi connectivity index (χ1) is 17.2. The number of carbonyl (C=O) groups excluding carboxylic acids is 1. The fourth-order valence-electron chi connectivity index (χ4n) is 4.68. The number of likely N-dealkylation sites (tertiary alicyclic amines) is 1. The van der Waals surface area contributed by atoms with Gasteiger partial charge >= 0.3 is 0 Å². The highest BCUT2D eigenvalue weighted by Gasteiger charge is 2.25. The van der Waals surface area contributed by atoms with Crippen LogP contribution in [0.2, 0.25) is 0 Å². The van der Waals surface area contributed by atoms with Gasteiger partial charge in [0.15, 0.2) is 0 Å². The molecule has 1 saturated heterocycles. The minimum Gasteiger partial charge on any atom is -0.481 e. The third kappa shape index (κ3) is 4.72. The van der Waals surface area contributed by atoms with Gasteiger partial charge in [-0.1, -0.05) is 18.6 Å². The summed E-state index contributed by atoms with van der Waals surface area (Å²) in [4.78, 5) is 28.6. The van der Waals surface area contributed by atoms with Crippen LogP contribution in [0.5, 0.6) is 5.88 Å². The van der Waals surface area contributed by atoms with Gasteiger partial charge in [0.1, 0.15) is 5.82 Å². The number of rotatable bonds is 7. The van der Waals surface area contributed by atoms with E-state index in [1.165, 1.54) is 12.5 Å². The molecule has 1 aliphatic rings. The highest BCUT2D eigenvalue weighted by Crippen LogP contribution is 2.28. The summed E-state index contributed by atoms with van der Waals surface area (Å²) in [6.07, 6.45) is 10.1. The standard InChI is InChI=1S/C26H27FN6O2/c1-35-23-10-9-18(15-30-23)22(32-13-3-2-4-14-32)16-31-25(34)19-17-33(26-28-11-6-12-29-26)21-8-5-7-20(27)24(19)21/h5-12,15,17,22H,2-4,13-14,16H2,1H3,(H,31,34). The fraction of sp³-hybridized carbons (Fsp3) is 0.308. The zero-order valence-electron chi connectivity index (χ0n) is 19.5. The molecule has 0 aliphatic carbocycles. The Morgan fingerprint density at radius 3 is 2.60 bits per heavy atom. The molecule has 1 unspecified atom stereocenters. The molecule has 0 radical (unpaired) electrons. The maximum atomic E-state index is 14.9. The predicted molar refractivity (Wildman–Crippen MR) is 130 cm³/mol. The summed E-state index contributed by atoms with van der Waals surface area (Å²) in [6, 6.07) is 10.2. The molecule has 0 saturated carbocycles. The number of ether oxygens (including phenoxy) is 1. The molecule has 4 aromatic rings. The smallest absolute Gasteiger partial charge is 0.253 e. The van der Waals surface area contributed by atoms with Crippen molar-refractivity contribution in [1.82, 2.24) is 29.7 Å². The van der Waals surface area contributed by atoms with Crippen molar-refractivity contribution in [2.24, 2.45) is 0 Å². The first-order valence-corrected chi connectivity index (χ1v) is 11.7. The number of aromatic nitrogens is 4. The molecule has 180 valence electrons. The number of nitrogens with one attached hydrogen (secondary N) is 1. The van der Waals surface area contributed by atoms with Gasteiger partial charge in [0, 0.05) is 42.8 Å². The summed E-state index contributed by atoms with van der Waals surface area (Å²) in [5.74, 6) is 0.103. The van der Waals surface area contributed by atoms with E-state index in [2.05, 4.69) is 25.2 Å². The van der Waals surface area contributed by atoms with Gasteiger partial charge in [-0.3, -0.25) is 14.3 Å². The van der Waals surface area contributed by atoms with Crippen molar-refractivity contribution in [2.75, 3.05) is 26.7 Å². The number of halogens is 1. The molecule has 35 heavy (non-hydrogen) atoms. The fourth-order valence-corrected chi connectivity index (χ4v) is 4.68. The van der Waals surface area contributed by atoms with Gasteiger partial charge in [0.2, 0.25) is 11.8 Å². The SMILES string of the molecule is COc1ccc(C(CNC(=O)c2cn(-c3ncccn3)c3cccc(F)c23)N2CCCCC2)cn1. The Labute approximate surface area is 202 Å². The summed E-state index contributed by atoms with van der Waals surface area (Å²) in [5, 5.41) is 3.30. The molecule has 1 aliphatic heterocycles. The van der Waals surface area contributed by atoms with Gasteiger partial charge in [-0.25, -0.2) is 19.3 Å². The third-order valence-corrected chi connectivity index (χ3v) is 6.43.